The molecule has 3 rings (SSSR count). The summed E-state index contributed by atoms with van der Waals surface area (Å²) in [5.74, 6) is 0. The smallest absolute Gasteiger partial charge is 0.0850 e. The topological polar surface area (TPSA) is 32.3 Å². The maximum atomic E-state index is 10.5. The van der Waals surface area contributed by atoms with Gasteiger partial charge in [0.25, 0.3) is 0 Å². The van der Waals surface area contributed by atoms with E-state index in [9.17, 15) is 5.11 Å². The van der Waals surface area contributed by atoms with Gasteiger partial charge in [0, 0.05) is 29.2 Å². The Hall–Kier alpha value is -1.51. The standard InChI is InChI=1S/C16H16ClNO/c17-14-7-2-1-4-12(14)10-15(19)13-6-3-5-11-8-9-18-16(11)13/h1-7,15,18-19H,8-10H2. The molecule has 1 unspecified atom stereocenters. The number of nitrogens with one attached hydrogen (secondary N) is 1. The van der Waals surface area contributed by atoms with Crippen molar-refractivity contribution >= 4 is 17.3 Å². The van der Waals surface area contributed by atoms with Gasteiger partial charge >= 0.3 is 0 Å². The molecule has 1 heterocycles. The van der Waals surface area contributed by atoms with Crippen molar-refractivity contribution in [2.45, 2.75) is 18.9 Å². The van der Waals surface area contributed by atoms with E-state index in [0.29, 0.717) is 11.4 Å². The zero-order chi connectivity index (χ0) is 13.2. The van der Waals surface area contributed by atoms with Crippen LogP contribution in [-0.2, 0) is 12.8 Å². The Kier molecular flexibility index (Phi) is 3.45. The molecule has 1 atom stereocenters. The molecule has 0 spiro atoms. The van der Waals surface area contributed by atoms with Crippen LogP contribution < -0.4 is 5.32 Å². The van der Waals surface area contributed by atoms with Crippen LogP contribution in [0.15, 0.2) is 42.5 Å². The van der Waals surface area contributed by atoms with E-state index in [2.05, 4.69) is 11.4 Å². The molecule has 2 N–H and O–H groups in total. The molecule has 0 aromatic heterocycles. The quantitative estimate of drug-likeness (QED) is 0.896. The van der Waals surface area contributed by atoms with Crippen LogP contribution in [0.4, 0.5) is 5.69 Å². The first-order valence-electron chi connectivity index (χ1n) is 6.53. The number of rotatable bonds is 3. The van der Waals surface area contributed by atoms with E-state index in [1.165, 1.54) is 5.56 Å². The fourth-order valence-corrected chi connectivity index (χ4v) is 2.84. The molecule has 19 heavy (non-hydrogen) atoms. The third kappa shape index (κ3) is 2.46. The Morgan fingerprint density at radius 2 is 2.00 bits per heavy atom. The molecular weight excluding hydrogens is 258 g/mol. The summed E-state index contributed by atoms with van der Waals surface area (Å²) in [5, 5.41) is 14.5. The maximum absolute atomic E-state index is 10.5. The van der Waals surface area contributed by atoms with Crippen molar-refractivity contribution < 1.29 is 5.11 Å². The predicted molar refractivity (Wildman–Crippen MR) is 78.8 cm³/mol. The lowest BCUT2D eigenvalue weighted by molar-refractivity contribution is 0.179. The zero-order valence-corrected chi connectivity index (χ0v) is 11.3. The lowest BCUT2D eigenvalue weighted by Gasteiger charge is -2.16. The predicted octanol–water partition coefficient (Wildman–Crippen LogP) is 3.58. The first-order valence-corrected chi connectivity index (χ1v) is 6.90. The third-order valence-corrected chi connectivity index (χ3v) is 3.98. The van der Waals surface area contributed by atoms with Crippen LogP contribution in [0.5, 0.6) is 0 Å². The highest BCUT2D eigenvalue weighted by Gasteiger charge is 2.19. The highest BCUT2D eigenvalue weighted by Crippen LogP contribution is 2.33. The van der Waals surface area contributed by atoms with Crippen LogP contribution in [0.1, 0.15) is 22.8 Å². The summed E-state index contributed by atoms with van der Waals surface area (Å²) in [6, 6.07) is 13.8. The second-order valence-corrected chi connectivity index (χ2v) is 5.28. The monoisotopic (exact) mass is 273 g/mol. The number of hydrogen-bond donors (Lipinski definition) is 2. The van der Waals surface area contributed by atoms with Crippen molar-refractivity contribution in [3.05, 3.63) is 64.2 Å². The summed E-state index contributed by atoms with van der Waals surface area (Å²) in [4.78, 5) is 0. The number of para-hydroxylation sites is 1. The minimum absolute atomic E-state index is 0.527. The van der Waals surface area contributed by atoms with Gasteiger partial charge in [0.15, 0.2) is 0 Å². The van der Waals surface area contributed by atoms with Gasteiger partial charge in [-0.3, -0.25) is 0 Å². The summed E-state index contributed by atoms with van der Waals surface area (Å²) in [6.07, 6.45) is 1.04. The van der Waals surface area contributed by atoms with Crippen LogP contribution in [0.25, 0.3) is 0 Å². The van der Waals surface area contributed by atoms with Gasteiger partial charge in [-0.2, -0.15) is 0 Å². The second kappa shape index (κ2) is 5.24. The van der Waals surface area contributed by atoms with Crippen LogP contribution in [0, 0.1) is 0 Å². The molecule has 2 aromatic rings. The maximum Gasteiger partial charge on any atom is 0.0850 e. The normalized spacial score (nSPS) is 14.8. The van der Waals surface area contributed by atoms with Crippen molar-refractivity contribution in [1.29, 1.82) is 0 Å². The highest BCUT2D eigenvalue weighted by atomic mass is 35.5. The fraction of sp³-hybridized carbons (Fsp3) is 0.250. The number of fused-ring (bicyclic) bond motifs is 1. The molecule has 2 aromatic carbocycles. The minimum atomic E-state index is -0.527. The summed E-state index contributed by atoms with van der Waals surface area (Å²) in [6.45, 7) is 0.950. The van der Waals surface area contributed by atoms with E-state index in [1.54, 1.807) is 0 Å². The first-order chi connectivity index (χ1) is 9.25. The Bertz CT molecular complexity index is 597. The van der Waals surface area contributed by atoms with E-state index in [1.807, 2.05) is 36.4 Å². The van der Waals surface area contributed by atoms with E-state index >= 15 is 0 Å². The van der Waals surface area contributed by atoms with Gasteiger partial charge in [0.2, 0.25) is 0 Å². The van der Waals surface area contributed by atoms with Crippen molar-refractivity contribution in [1.82, 2.24) is 0 Å². The molecule has 98 valence electrons. The molecule has 0 radical (unpaired) electrons. The molecule has 0 bridgehead atoms. The van der Waals surface area contributed by atoms with E-state index in [-0.39, 0.29) is 0 Å². The SMILES string of the molecule is OC(Cc1ccccc1Cl)c1cccc2c1NCC2. The van der Waals surface area contributed by atoms with Crippen molar-refractivity contribution in [3.63, 3.8) is 0 Å². The van der Waals surface area contributed by atoms with Gasteiger partial charge in [-0.05, 0) is 23.6 Å². The van der Waals surface area contributed by atoms with Crippen LogP contribution in [0.2, 0.25) is 5.02 Å². The molecule has 1 aliphatic heterocycles. The van der Waals surface area contributed by atoms with Crippen LogP contribution in [-0.4, -0.2) is 11.7 Å². The van der Waals surface area contributed by atoms with Crippen LogP contribution >= 0.6 is 11.6 Å². The first kappa shape index (κ1) is 12.5. The van der Waals surface area contributed by atoms with Gasteiger partial charge in [-0.15, -0.1) is 0 Å². The molecule has 0 amide bonds. The van der Waals surface area contributed by atoms with E-state index in [4.69, 9.17) is 11.6 Å². The average Bonchev–Trinajstić information content (AvgIpc) is 2.89. The molecule has 2 nitrogen and oxygen atoms in total. The minimum Gasteiger partial charge on any atom is -0.388 e. The Morgan fingerprint density at radius 3 is 2.84 bits per heavy atom. The number of anilines is 1. The molecule has 0 saturated heterocycles. The fourth-order valence-electron chi connectivity index (χ4n) is 2.63. The number of aliphatic hydroxyl groups excluding tert-OH is 1. The molecule has 0 saturated carbocycles. The van der Waals surface area contributed by atoms with Gasteiger partial charge in [-0.1, -0.05) is 48.0 Å². The summed E-state index contributed by atoms with van der Waals surface area (Å²) >= 11 is 6.15. The Morgan fingerprint density at radius 1 is 1.16 bits per heavy atom. The third-order valence-electron chi connectivity index (χ3n) is 3.61. The second-order valence-electron chi connectivity index (χ2n) is 4.87. The van der Waals surface area contributed by atoms with Crippen molar-refractivity contribution in [3.8, 4) is 0 Å². The molecule has 3 heteroatoms. The number of benzene rings is 2. The van der Waals surface area contributed by atoms with Gasteiger partial charge < -0.3 is 10.4 Å². The van der Waals surface area contributed by atoms with Gasteiger partial charge in [0.1, 0.15) is 0 Å². The molecule has 1 aliphatic rings. The van der Waals surface area contributed by atoms with E-state index < -0.39 is 6.10 Å². The van der Waals surface area contributed by atoms with Crippen LogP contribution in [0.3, 0.4) is 0 Å². The average molecular weight is 274 g/mol. The van der Waals surface area contributed by atoms with Crippen molar-refractivity contribution in [2.75, 3.05) is 11.9 Å². The zero-order valence-electron chi connectivity index (χ0n) is 10.6. The summed E-state index contributed by atoms with van der Waals surface area (Å²) in [7, 11) is 0. The lowest BCUT2D eigenvalue weighted by atomic mass is 9.98. The van der Waals surface area contributed by atoms with E-state index in [0.717, 1.165) is 29.8 Å². The molecule has 0 aliphatic carbocycles. The summed E-state index contributed by atoms with van der Waals surface area (Å²) < 4.78 is 0. The van der Waals surface area contributed by atoms with Gasteiger partial charge in [0.05, 0.1) is 6.10 Å². The lowest BCUT2D eigenvalue weighted by Crippen LogP contribution is -2.05. The molecular formula is C16H16ClNO. The Balaban J connectivity index is 1.87. The van der Waals surface area contributed by atoms with Crippen molar-refractivity contribution in [2.24, 2.45) is 0 Å². The largest absolute Gasteiger partial charge is 0.388 e. The van der Waals surface area contributed by atoms with Gasteiger partial charge in [-0.25, -0.2) is 0 Å². The Labute approximate surface area is 118 Å². The highest BCUT2D eigenvalue weighted by molar-refractivity contribution is 6.31. The summed E-state index contributed by atoms with van der Waals surface area (Å²) in [5.41, 5.74) is 4.33. The number of aliphatic hydroxyl groups is 1. The number of halogens is 1. The number of hydrogen-bond acceptors (Lipinski definition) is 2. The molecule has 0 fully saturated rings.